The number of carbonyl (C=O) groups excluding carboxylic acids is 2. The number of hydrogen-bond acceptors (Lipinski definition) is 4. The minimum absolute atomic E-state index is 0.148. The van der Waals surface area contributed by atoms with Gasteiger partial charge in [0.05, 0.1) is 0 Å². The number of benzene rings is 1. The Morgan fingerprint density at radius 1 is 0.731 bits per heavy atom. The number of hydrogen-bond donors (Lipinski definition) is 4. The summed E-state index contributed by atoms with van der Waals surface area (Å²) in [7, 11) is 0. The van der Waals surface area contributed by atoms with Gasteiger partial charge in [-0.1, -0.05) is 38.1 Å². The van der Waals surface area contributed by atoms with Crippen molar-refractivity contribution in [2.24, 2.45) is 0 Å². The molecule has 0 bridgehead atoms. The second-order valence-corrected chi connectivity index (χ2v) is 8.22. The summed E-state index contributed by atoms with van der Waals surface area (Å²) in [6, 6.07) is 7.54. The monoisotopic (exact) mass is 398 g/mol. The van der Waals surface area contributed by atoms with Gasteiger partial charge < -0.3 is 21.3 Å². The fourth-order valence-electron chi connectivity index (χ4n) is 2.03. The van der Waals surface area contributed by atoms with Crippen LogP contribution in [0.5, 0.6) is 0 Å². The first-order valence-electron chi connectivity index (χ1n) is 8.92. The third-order valence-corrected chi connectivity index (χ3v) is 5.20. The summed E-state index contributed by atoms with van der Waals surface area (Å²) in [5.41, 5.74) is 2.04. The normalized spacial score (nSPS) is 10.2. The Hall–Kier alpha value is -1.54. The molecule has 0 spiro atoms. The minimum Gasteiger partial charge on any atom is -0.337 e. The third kappa shape index (κ3) is 11.1. The summed E-state index contributed by atoms with van der Waals surface area (Å²) in [4.78, 5) is 23.3. The zero-order valence-corrected chi connectivity index (χ0v) is 17.2. The van der Waals surface area contributed by atoms with E-state index in [1.807, 2.05) is 24.3 Å². The largest absolute Gasteiger partial charge is 0.337 e. The minimum atomic E-state index is -0.148. The Labute approximate surface area is 165 Å². The van der Waals surface area contributed by atoms with E-state index >= 15 is 0 Å². The Bertz CT molecular complexity index is 479. The van der Waals surface area contributed by atoms with Crippen LogP contribution in [0.1, 0.15) is 25.0 Å². The van der Waals surface area contributed by atoms with E-state index < -0.39 is 0 Å². The highest BCUT2D eigenvalue weighted by Gasteiger charge is 2.02. The molecule has 0 unspecified atom stereocenters. The molecule has 0 aromatic heterocycles. The summed E-state index contributed by atoms with van der Waals surface area (Å²) in [6.45, 7) is 6.51. The number of urea groups is 2. The van der Waals surface area contributed by atoms with Gasteiger partial charge in [-0.3, -0.25) is 0 Å². The standard InChI is InChI=1S/C18H30N4O2S2/c1-3-25-11-9-19-17(23)21-13-15-5-7-16(8-6-15)14-22-18(24)20-10-12-26-4-2/h5-8H,3-4,9-14H2,1-2H3,(H2,19,21,23)(H2,20,22,24). The number of thioether (sulfide) groups is 2. The lowest BCUT2D eigenvalue weighted by Crippen LogP contribution is -2.36. The van der Waals surface area contributed by atoms with E-state index in [9.17, 15) is 9.59 Å². The maximum atomic E-state index is 11.7. The predicted octanol–water partition coefficient (Wildman–Crippen LogP) is 2.79. The first kappa shape index (κ1) is 22.5. The Morgan fingerprint density at radius 2 is 1.12 bits per heavy atom. The van der Waals surface area contributed by atoms with Crippen molar-refractivity contribution in [3.8, 4) is 0 Å². The zero-order valence-electron chi connectivity index (χ0n) is 15.6. The van der Waals surface area contributed by atoms with E-state index in [1.54, 1.807) is 23.5 Å². The zero-order chi connectivity index (χ0) is 19.0. The van der Waals surface area contributed by atoms with Gasteiger partial charge in [0.25, 0.3) is 0 Å². The molecule has 0 radical (unpaired) electrons. The lowest BCUT2D eigenvalue weighted by molar-refractivity contribution is 0.240. The Kier molecular flexibility index (Phi) is 12.6. The van der Waals surface area contributed by atoms with Crippen molar-refractivity contribution >= 4 is 35.6 Å². The average Bonchev–Trinajstić information content (AvgIpc) is 2.66. The summed E-state index contributed by atoms with van der Waals surface area (Å²) < 4.78 is 0. The van der Waals surface area contributed by atoms with Crippen LogP contribution in [0, 0.1) is 0 Å². The molecule has 26 heavy (non-hydrogen) atoms. The van der Waals surface area contributed by atoms with E-state index in [-0.39, 0.29) is 12.1 Å². The smallest absolute Gasteiger partial charge is 0.315 e. The van der Waals surface area contributed by atoms with Crippen LogP contribution in [0.4, 0.5) is 9.59 Å². The SMILES string of the molecule is CCSCCNC(=O)NCc1ccc(CNC(=O)NCCSCC)cc1. The van der Waals surface area contributed by atoms with E-state index in [1.165, 1.54) is 0 Å². The quantitative estimate of drug-likeness (QED) is 0.408. The molecule has 0 heterocycles. The highest BCUT2D eigenvalue weighted by atomic mass is 32.2. The fourth-order valence-corrected chi connectivity index (χ4v) is 3.10. The van der Waals surface area contributed by atoms with Crippen LogP contribution in [-0.2, 0) is 13.1 Å². The van der Waals surface area contributed by atoms with Gasteiger partial charge in [0.2, 0.25) is 0 Å². The van der Waals surface area contributed by atoms with Gasteiger partial charge in [-0.05, 0) is 22.6 Å². The molecule has 4 amide bonds. The molecular formula is C18H30N4O2S2. The Morgan fingerprint density at radius 3 is 1.46 bits per heavy atom. The average molecular weight is 399 g/mol. The van der Waals surface area contributed by atoms with Crippen LogP contribution in [0.25, 0.3) is 0 Å². The number of rotatable bonds is 12. The first-order valence-corrected chi connectivity index (χ1v) is 11.2. The van der Waals surface area contributed by atoms with Crippen molar-refractivity contribution in [3.05, 3.63) is 35.4 Å². The molecule has 1 aromatic rings. The lowest BCUT2D eigenvalue weighted by Gasteiger charge is -2.09. The number of nitrogens with one attached hydrogen (secondary N) is 4. The van der Waals surface area contributed by atoms with Crippen molar-refractivity contribution in [3.63, 3.8) is 0 Å². The molecule has 0 aliphatic rings. The summed E-state index contributed by atoms with van der Waals surface area (Å²) in [5, 5.41) is 11.3. The molecule has 0 atom stereocenters. The van der Waals surface area contributed by atoms with Gasteiger partial charge in [-0.15, -0.1) is 0 Å². The van der Waals surface area contributed by atoms with Crippen molar-refractivity contribution in [2.75, 3.05) is 36.1 Å². The Balaban J connectivity index is 2.20. The van der Waals surface area contributed by atoms with Gasteiger partial charge in [0, 0.05) is 37.7 Å². The molecule has 0 saturated carbocycles. The lowest BCUT2D eigenvalue weighted by atomic mass is 10.1. The molecule has 0 aliphatic carbocycles. The van der Waals surface area contributed by atoms with Crippen molar-refractivity contribution in [1.82, 2.24) is 21.3 Å². The molecule has 0 saturated heterocycles. The van der Waals surface area contributed by atoms with Crippen LogP contribution in [0.3, 0.4) is 0 Å². The molecule has 1 rings (SSSR count). The van der Waals surface area contributed by atoms with Crippen LogP contribution in [0.15, 0.2) is 24.3 Å². The molecule has 146 valence electrons. The van der Waals surface area contributed by atoms with Gasteiger partial charge in [0.15, 0.2) is 0 Å². The van der Waals surface area contributed by atoms with E-state index in [0.29, 0.717) is 26.2 Å². The van der Waals surface area contributed by atoms with Crippen LogP contribution >= 0.6 is 23.5 Å². The highest BCUT2D eigenvalue weighted by molar-refractivity contribution is 7.99. The third-order valence-electron chi connectivity index (χ3n) is 3.40. The van der Waals surface area contributed by atoms with Crippen LogP contribution in [0.2, 0.25) is 0 Å². The number of amides is 4. The summed E-state index contributed by atoms with van der Waals surface area (Å²) >= 11 is 3.60. The molecule has 0 aliphatic heterocycles. The van der Waals surface area contributed by atoms with Crippen molar-refractivity contribution in [1.29, 1.82) is 0 Å². The molecule has 6 nitrogen and oxygen atoms in total. The van der Waals surface area contributed by atoms with Gasteiger partial charge in [-0.2, -0.15) is 23.5 Å². The van der Waals surface area contributed by atoms with Gasteiger partial charge in [-0.25, -0.2) is 9.59 Å². The highest BCUT2D eigenvalue weighted by Crippen LogP contribution is 2.04. The molecule has 8 heteroatoms. The second kappa shape index (κ2) is 14.6. The van der Waals surface area contributed by atoms with Gasteiger partial charge in [0.1, 0.15) is 0 Å². The molecule has 1 aromatic carbocycles. The summed E-state index contributed by atoms with van der Waals surface area (Å²) in [6.07, 6.45) is 0. The maximum absolute atomic E-state index is 11.7. The van der Waals surface area contributed by atoms with Crippen molar-refractivity contribution < 1.29 is 9.59 Å². The van der Waals surface area contributed by atoms with E-state index in [4.69, 9.17) is 0 Å². The second-order valence-electron chi connectivity index (χ2n) is 5.43. The first-order chi connectivity index (χ1) is 12.7. The molecule has 4 N–H and O–H groups in total. The van der Waals surface area contributed by atoms with Crippen molar-refractivity contribution in [2.45, 2.75) is 26.9 Å². The fraction of sp³-hybridized carbons (Fsp3) is 0.556. The van der Waals surface area contributed by atoms with E-state index in [0.717, 1.165) is 34.1 Å². The summed E-state index contributed by atoms with van der Waals surface area (Å²) in [5.74, 6) is 3.97. The maximum Gasteiger partial charge on any atom is 0.315 e. The van der Waals surface area contributed by atoms with Crippen LogP contribution in [-0.4, -0.2) is 48.2 Å². The molecule has 0 fully saturated rings. The predicted molar refractivity (Wildman–Crippen MR) is 113 cm³/mol. The topological polar surface area (TPSA) is 82.3 Å². The van der Waals surface area contributed by atoms with Gasteiger partial charge >= 0.3 is 12.1 Å². The van der Waals surface area contributed by atoms with Crippen LogP contribution < -0.4 is 21.3 Å². The molecular weight excluding hydrogens is 368 g/mol. The van der Waals surface area contributed by atoms with E-state index in [2.05, 4.69) is 35.1 Å². The number of carbonyl (C=O) groups is 2.